The first kappa shape index (κ1) is 65.4. The molecule has 12 heteroatoms. The molecule has 0 aliphatic rings. The van der Waals surface area contributed by atoms with Crippen molar-refractivity contribution in [3.8, 4) is 0 Å². The molecule has 0 aliphatic heterocycles. The van der Waals surface area contributed by atoms with Crippen molar-refractivity contribution in [2.75, 3.05) is 26.4 Å². The first-order valence-electron chi connectivity index (χ1n) is 27.5. The standard InChI is InChI=1S/C56H101O11P/c1-4-7-10-13-16-19-21-23-24-25-26-27-28-30-32-35-38-41-44-47-56(60)67-53(49-63-54(58)45-42-39-36-33-18-15-12-9-6-3)51-65-68(61,62)64-50-52(48-57)66-55(59)46-43-40-37-34-31-29-22-20-17-14-11-8-5-2/h11,14,16,19-20,22-24,52-53,57H,4-10,12-13,15,17-18,21,25-51H2,1-3H3,(H,61,62)/b14-11-,19-16-,22-20-,24-23-. The van der Waals surface area contributed by atoms with Crippen LogP contribution in [0.2, 0.25) is 0 Å². The zero-order valence-corrected chi connectivity index (χ0v) is 44.5. The molecule has 0 amide bonds. The number of carbonyl (C=O) groups excluding carboxylic acids is 3. The van der Waals surface area contributed by atoms with E-state index in [0.717, 1.165) is 96.3 Å². The van der Waals surface area contributed by atoms with E-state index in [1.807, 2.05) is 0 Å². The van der Waals surface area contributed by atoms with Gasteiger partial charge in [0.05, 0.1) is 19.8 Å². The number of carbonyl (C=O) groups is 3. The maximum atomic E-state index is 12.9. The van der Waals surface area contributed by atoms with E-state index in [9.17, 15) is 28.9 Å². The summed E-state index contributed by atoms with van der Waals surface area (Å²) in [6.45, 7) is 4.52. The van der Waals surface area contributed by atoms with Crippen LogP contribution in [0.3, 0.4) is 0 Å². The van der Waals surface area contributed by atoms with Gasteiger partial charge in [-0.05, 0) is 77.0 Å². The van der Waals surface area contributed by atoms with Gasteiger partial charge in [-0.1, -0.05) is 204 Å². The van der Waals surface area contributed by atoms with Crippen LogP contribution in [-0.2, 0) is 42.2 Å². The minimum atomic E-state index is -4.74. The van der Waals surface area contributed by atoms with Crippen LogP contribution in [0.1, 0.15) is 252 Å². The molecule has 0 heterocycles. The highest BCUT2D eigenvalue weighted by atomic mass is 31.2. The van der Waals surface area contributed by atoms with Crippen molar-refractivity contribution in [2.24, 2.45) is 0 Å². The SMILES string of the molecule is CCC/C=C\C/C=C\CCCCCCCC(=O)OC(CO)COP(=O)(O)OCC(COC(=O)CCCCCCCCCCC)OC(=O)CCCCCCCCCCC/C=C\C/C=C\CCCCC. The van der Waals surface area contributed by atoms with Gasteiger partial charge in [0.2, 0.25) is 0 Å². The van der Waals surface area contributed by atoms with Crippen molar-refractivity contribution >= 4 is 25.7 Å². The molecular weight excluding hydrogens is 880 g/mol. The zero-order chi connectivity index (χ0) is 49.9. The predicted molar refractivity (Wildman–Crippen MR) is 279 cm³/mol. The summed E-state index contributed by atoms with van der Waals surface area (Å²) in [7, 11) is -4.74. The Morgan fingerprint density at radius 3 is 1.18 bits per heavy atom. The molecule has 11 nitrogen and oxygen atoms in total. The normalized spacial score (nSPS) is 13.8. The number of esters is 3. The second kappa shape index (κ2) is 50.8. The fourth-order valence-electron chi connectivity index (χ4n) is 7.48. The lowest BCUT2D eigenvalue weighted by Crippen LogP contribution is -2.30. The number of hydrogen-bond donors (Lipinski definition) is 2. The average Bonchev–Trinajstić information content (AvgIpc) is 3.32. The predicted octanol–water partition coefficient (Wildman–Crippen LogP) is 15.8. The number of allylic oxidation sites excluding steroid dienone is 8. The average molecular weight is 981 g/mol. The Morgan fingerprint density at radius 2 is 0.750 bits per heavy atom. The number of rotatable bonds is 51. The summed E-state index contributed by atoms with van der Waals surface area (Å²) in [5.41, 5.74) is 0. The molecule has 0 aromatic carbocycles. The van der Waals surface area contributed by atoms with Crippen LogP contribution in [0.25, 0.3) is 0 Å². The quantitative estimate of drug-likeness (QED) is 0.0197. The van der Waals surface area contributed by atoms with Crippen LogP contribution in [0.4, 0.5) is 0 Å². The molecule has 0 rings (SSSR count). The Hall–Kier alpha value is -2.56. The highest BCUT2D eigenvalue weighted by molar-refractivity contribution is 7.47. The largest absolute Gasteiger partial charge is 0.472 e. The number of ether oxygens (including phenoxy) is 3. The van der Waals surface area contributed by atoms with Crippen molar-refractivity contribution in [3.05, 3.63) is 48.6 Å². The van der Waals surface area contributed by atoms with Gasteiger partial charge in [0.25, 0.3) is 0 Å². The van der Waals surface area contributed by atoms with E-state index in [4.69, 9.17) is 23.3 Å². The summed E-state index contributed by atoms with van der Waals surface area (Å²) < 4.78 is 39.4. The highest BCUT2D eigenvalue weighted by Crippen LogP contribution is 2.43. The molecule has 2 N–H and O–H groups in total. The van der Waals surface area contributed by atoms with Gasteiger partial charge in [-0.15, -0.1) is 0 Å². The van der Waals surface area contributed by atoms with Gasteiger partial charge in [-0.25, -0.2) is 4.57 Å². The van der Waals surface area contributed by atoms with E-state index in [1.165, 1.54) is 96.3 Å². The maximum Gasteiger partial charge on any atom is 0.472 e. The molecule has 0 saturated heterocycles. The molecule has 0 saturated carbocycles. The molecular formula is C56H101O11P. The lowest BCUT2D eigenvalue weighted by molar-refractivity contribution is -0.161. The number of aliphatic hydroxyl groups is 1. The van der Waals surface area contributed by atoms with E-state index in [-0.39, 0.29) is 25.9 Å². The molecule has 3 atom stereocenters. The fraction of sp³-hybridized carbons (Fsp3) is 0.804. The fourth-order valence-corrected chi connectivity index (χ4v) is 8.27. The van der Waals surface area contributed by atoms with Gasteiger partial charge < -0.3 is 24.2 Å². The van der Waals surface area contributed by atoms with Crippen LogP contribution in [0.5, 0.6) is 0 Å². The second-order valence-corrected chi connectivity index (χ2v) is 19.8. The Bertz CT molecular complexity index is 1330. The molecule has 0 radical (unpaired) electrons. The van der Waals surface area contributed by atoms with Crippen LogP contribution in [-0.4, -0.2) is 66.5 Å². The van der Waals surface area contributed by atoms with Gasteiger partial charge in [-0.2, -0.15) is 0 Å². The Kier molecular flexibility index (Phi) is 48.9. The monoisotopic (exact) mass is 981 g/mol. The molecule has 68 heavy (non-hydrogen) atoms. The summed E-state index contributed by atoms with van der Waals surface area (Å²) in [5.74, 6) is -1.48. The van der Waals surface area contributed by atoms with Crippen molar-refractivity contribution < 1.29 is 52.2 Å². The van der Waals surface area contributed by atoms with Crippen LogP contribution in [0, 0.1) is 0 Å². The summed E-state index contributed by atoms with van der Waals surface area (Å²) in [6, 6.07) is 0. The van der Waals surface area contributed by atoms with Gasteiger partial charge in [0, 0.05) is 19.3 Å². The third-order valence-electron chi connectivity index (χ3n) is 11.7. The zero-order valence-electron chi connectivity index (χ0n) is 43.6. The minimum absolute atomic E-state index is 0.162. The molecule has 0 aliphatic carbocycles. The van der Waals surface area contributed by atoms with Crippen molar-refractivity contribution in [3.63, 3.8) is 0 Å². The number of phosphoric ester groups is 1. The summed E-state index contributed by atoms with van der Waals surface area (Å²) >= 11 is 0. The molecule has 0 spiro atoms. The van der Waals surface area contributed by atoms with Crippen molar-refractivity contribution in [1.82, 2.24) is 0 Å². The molecule has 0 aromatic heterocycles. The molecule has 0 aromatic rings. The van der Waals surface area contributed by atoms with E-state index in [0.29, 0.717) is 19.3 Å². The molecule has 396 valence electrons. The van der Waals surface area contributed by atoms with Crippen LogP contribution in [0.15, 0.2) is 48.6 Å². The first-order chi connectivity index (χ1) is 33.2. The Morgan fingerprint density at radius 1 is 0.412 bits per heavy atom. The smallest absolute Gasteiger partial charge is 0.462 e. The second-order valence-electron chi connectivity index (χ2n) is 18.4. The van der Waals surface area contributed by atoms with Gasteiger partial charge in [-0.3, -0.25) is 23.4 Å². The molecule has 0 fully saturated rings. The first-order valence-corrected chi connectivity index (χ1v) is 29.0. The third-order valence-corrected chi connectivity index (χ3v) is 12.7. The van der Waals surface area contributed by atoms with E-state index < -0.39 is 57.8 Å². The molecule has 0 bridgehead atoms. The van der Waals surface area contributed by atoms with E-state index >= 15 is 0 Å². The maximum absolute atomic E-state index is 12.9. The highest BCUT2D eigenvalue weighted by Gasteiger charge is 2.28. The van der Waals surface area contributed by atoms with E-state index in [1.54, 1.807) is 0 Å². The van der Waals surface area contributed by atoms with Gasteiger partial charge in [0.1, 0.15) is 12.7 Å². The minimum Gasteiger partial charge on any atom is -0.462 e. The summed E-state index contributed by atoms with van der Waals surface area (Å²) in [5, 5.41) is 9.78. The summed E-state index contributed by atoms with van der Waals surface area (Å²) in [4.78, 5) is 48.3. The van der Waals surface area contributed by atoms with Gasteiger partial charge >= 0.3 is 25.7 Å². The number of hydrogen-bond acceptors (Lipinski definition) is 10. The molecule has 3 unspecified atom stereocenters. The summed E-state index contributed by atoms with van der Waals surface area (Å²) in [6.07, 6.45) is 52.2. The number of aliphatic hydroxyl groups excluding tert-OH is 1. The number of phosphoric acid groups is 1. The lowest BCUT2D eigenvalue weighted by Gasteiger charge is -2.21. The van der Waals surface area contributed by atoms with Crippen LogP contribution < -0.4 is 0 Å². The van der Waals surface area contributed by atoms with Gasteiger partial charge in [0.15, 0.2) is 6.10 Å². The van der Waals surface area contributed by atoms with Crippen LogP contribution >= 0.6 is 7.82 Å². The van der Waals surface area contributed by atoms with E-state index in [2.05, 4.69) is 69.4 Å². The lowest BCUT2D eigenvalue weighted by atomic mass is 10.1. The van der Waals surface area contributed by atoms with Crippen molar-refractivity contribution in [2.45, 2.75) is 264 Å². The topological polar surface area (TPSA) is 155 Å². The Labute approximate surface area is 415 Å². The number of unbranched alkanes of at least 4 members (excludes halogenated alkanes) is 26. The van der Waals surface area contributed by atoms with Crippen molar-refractivity contribution in [1.29, 1.82) is 0 Å². The third kappa shape index (κ3) is 48.5. The Balaban J connectivity index is 4.66.